The van der Waals surface area contributed by atoms with Crippen LogP contribution in [0, 0.1) is 11.3 Å². The van der Waals surface area contributed by atoms with Gasteiger partial charge in [-0.25, -0.2) is 0 Å². The number of piperidine rings is 2. The molecule has 2 fully saturated rings. The normalized spacial score (nSPS) is 20.1. The number of aliphatic imine (C=N–C) groups is 1. The highest BCUT2D eigenvalue weighted by molar-refractivity contribution is 5.97. The first-order valence-corrected chi connectivity index (χ1v) is 10.7. The van der Waals surface area contributed by atoms with Gasteiger partial charge in [0.1, 0.15) is 6.07 Å². The fourth-order valence-corrected chi connectivity index (χ4v) is 3.98. The van der Waals surface area contributed by atoms with Crippen LogP contribution in [0.1, 0.15) is 44.6 Å². The molecular formula is C22H30N6O2. The molecule has 2 amide bonds. The molecule has 0 spiro atoms. The summed E-state index contributed by atoms with van der Waals surface area (Å²) < 4.78 is 0. The van der Waals surface area contributed by atoms with E-state index in [0.29, 0.717) is 43.9 Å². The van der Waals surface area contributed by atoms with Crippen molar-refractivity contribution in [2.24, 2.45) is 4.99 Å². The molecule has 0 saturated carbocycles. The van der Waals surface area contributed by atoms with E-state index >= 15 is 0 Å². The van der Waals surface area contributed by atoms with Gasteiger partial charge in [0.25, 0.3) is 0 Å². The lowest BCUT2D eigenvalue weighted by Gasteiger charge is -2.35. The van der Waals surface area contributed by atoms with Gasteiger partial charge in [-0.3, -0.25) is 19.5 Å². The molecule has 1 atom stereocenters. The van der Waals surface area contributed by atoms with Gasteiger partial charge in [-0.15, -0.1) is 0 Å². The number of imide groups is 1. The van der Waals surface area contributed by atoms with Gasteiger partial charge < -0.3 is 15.5 Å². The van der Waals surface area contributed by atoms with Crippen LogP contribution in [0.3, 0.4) is 0 Å². The maximum Gasteiger partial charge on any atom is 0.229 e. The first-order valence-electron chi connectivity index (χ1n) is 10.7. The van der Waals surface area contributed by atoms with Crippen molar-refractivity contribution in [1.29, 1.82) is 5.26 Å². The molecule has 1 aromatic rings. The van der Waals surface area contributed by atoms with E-state index in [4.69, 9.17) is 0 Å². The molecule has 30 heavy (non-hydrogen) atoms. The predicted octanol–water partition coefficient (Wildman–Crippen LogP) is 1.62. The molecule has 0 radical (unpaired) electrons. The number of rotatable bonds is 6. The van der Waals surface area contributed by atoms with Crippen molar-refractivity contribution in [3.8, 4) is 6.07 Å². The molecule has 0 aliphatic carbocycles. The number of carbonyl (C=O) groups is 2. The van der Waals surface area contributed by atoms with E-state index < -0.39 is 0 Å². The Kier molecular flexibility index (Phi) is 7.66. The smallest absolute Gasteiger partial charge is 0.229 e. The third kappa shape index (κ3) is 5.50. The van der Waals surface area contributed by atoms with Gasteiger partial charge in [0.2, 0.25) is 11.8 Å². The molecule has 1 aromatic carbocycles. The van der Waals surface area contributed by atoms with Gasteiger partial charge in [-0.2, -0.15) is 5.26 Å². The number of guanidine groups is 1. The van der Waals surface area contributed by atoms with Crippen molar-refractivity contribution in [3.05, 3.63) is 29.8 Å². The van der Waals surface area contributed by atoms with E-state index in [2.05, 4.69) is 26.6 Å². The standard InChI is InChI=1S/C22H30N6O2/c1-2-24-22(25-12-14-28-20(29)10-5-11-21(28)30)26-18-8-6-13-27(16-18)19-9-4-3-7-17(19)15-23/h3-4,7,9,18H,2,5-6,8,10-14,16H2,1H3,(H2,24,25,26). The third-order valence-electron chi connectivity index (χ3n) is 5.45. The summed E-state index contributed by atoms with van der Waals surface area (Å²) >= 11 is 0. The summed E-state index contributed by atoms with van der Waals surface area (Å²) in [5, 5.41) is 16.1. The molecule has 0 bridgehead atoms. The van der Waals surface area contributed by atoms with E-state index in [0.717, 1.165) is 38.2 Å². The second-order valence-electron chi connectivity index (χ2n) is 7.61. The van der Waals surface area contributed by atoms with Crippen molar-refractivity contribution in [1.82, 2.24) is 15.5 Å². The molecule has 1 unspecified atom stereocenters. The highest BCUT2D eigenvalue weighted by Gasteiger charge is 2.25. The molecule has 2 aliphatic heterocycles. The summed E-state index contributed by atoms with van der Waals surface area (Å²) in [6, 6.07) is 10.2. The number of nitrogens with zero attached hydrogens (tertiary/aromatic N) is 4. The Morgan fingerprint density at radius 3 is 2.73 bits per heavy atom. The number of hydrogen-bond donors (Lipinski definition) is 2. The van der Waals surface area contributed by atoms with Gasteiger partial charge in [-0.05, 0) is 38.3 Å². The Morgan fingerprint density at radius 1 is 1.23 bits per heavy atom. The van der Waals surface area contributed by atoms with Gasteiger partial charge >= 0.3 is 0 Å². The van der Waals surface area contributed by atoms with Crippen LogP contribution < -0.4 is 15.5 Å². The summed E-state index contributed by atoms with van der Waals surface area (Å²) in [7, 11) is 0. The van der Waals surface area contributed by atoms with Crippen LogP contribution in [0.25, 0.3) is 0 Å². The number of anilines is 1. The number of para-hydroxylation sites is 1. The maximum atomic E-state index is 11.9. The lowest BCUT2D eigenvalue weighted by Crippen LogP contribution is -2.51. The lowest BCUT2D eigenvalue weighted by atomic mass is 10.0. The Morgan fingerprint density at radius 2 is 2.00 bits per heavy atom. The quantitative estimate of drug-likeness (QED) is 0.420. The fraction of sp³-hybridized carbons (Fsp3) is 0.545. The Balaban J connectivity index is 1.60. The molecule has 0 aromatic heterocycles. The van der Waals surface area contributed by atoms with Crippen LogP contribution in [-0.2, 0) is 9.59 Å². The monoisotopic (exact) mass is 410 g/mol. The molecule has 8 heteroatoms. The fourth-order valence-electron chi connectivity index (χ4n) is 3.98. The van der Waals surface area contributed by atoms with Crippen LogP contribution in [-0.4, -0.2) is 61.4 Å². The molecule has 2 heterocycles. The first kappa shape index (κ1) is 21.6. The highest BCUT2D eigenvalue weighted by Crippen LogP contribution is 2.23. The molecule has 8 nitrogen and oxygen atoms in total. The van der Waals surface area contributed by atoms with Crippen LogP contribution in [0.5, 0.6) is 0 Å². The molecule has 2 aliphatic rings. The zero-order valence-corrected chi connectivity index (χ0v) is 17.6. The number of likely N-dealkylation sites (tertiary alicyclic amines) is 1. The number of carbonyl (C=O) groups excluding carboxylic acids is 2. The maximum absolute atomic E-state index is 11.9. The number of hydrogen-bond acceptors (Lipinski definition) is 5. The minimum Gasteiger partial charge on any atom is -0.368 e. The predicted molar refractivity (Wildman–Crippen MR) is 116 cm³/mol. The summed E-state index contributed by atoms with van der Waals surface area (Å²) in [5.41, 5.74) is 1.66. The zero-order chi connectivity index (χ0) is 21.3. The van der Waals surface area contributed by atoms with E-state index in [9.17, 15) is 14.9 Å². The second-order valence-corrected chi connectivity index (χ2v) is 7.61. The SMILES string of the molecule is CCNC(=NCCN1C(=O)CCCC1=O)NC1CCCN(c2ccccc2C#N)C1. The molecule has 2 saturated heterocycles. The van der Waals surface area contributed by atoms with Crippen LogP contribution >= 0.6 is 0 Å². The van der Waals surface area contributed by atoms with Crippen LogP contribution in [0.4, 0.5) is 5.69 Å². The van der Waals surface area contributed by atoms with Crippen LogP contribution in [0.15, 0.2) is 29.3 Å². The number of nitrogens with one attached hydrogen (secondary N) is 2. The highest BCUT2D eigenvalue weighted by atomic mass is 16.2. The van der Waals surface area contributed by atoms with Crippen molar-refractivity contribution in [2.45, 2.75) is 45.1 Å². The Labute approximate surface area is 177 Å². The number of benzene rings is 1. The summed E-state index contributed by atoms with van der Waals surface area (Å²) in [5.74, 6) is 0.492. The van der Waals surface area contributed by atoms with E-state index in [1.54, 1.807) is 0 Å². The van der Waals surface area contributed by atoms with Gasteiger partial charge in [0.05, 0.1) is 17.8 Å². The molecule has 2 N–H and O–H groups in total. The van der Waals surface area contributed by atoms with E-state index in [1.165, 1.54) is 4.90 Å². The van der Waals surface area contributed by atoms with Gasteiger partial charge in [0.15, 0.2) is 5.96 Å². The molecular weight excluding hydrogens is 380 g/mol. The second kappa shape index (κ2) is 10.6. The minimum absolute atomic E-state index is 0.0986. The van der Waals surface area contributed by atoms with E-state index in [1.807, 2.05) is 31.2 Å². The van der Waals surface area contributed by atoms with Crippen molar-refractivity contribution >= 4 is 23.5 Å². The molecule has 3 rings (SSSR count). The van der Waals surface area contributed by atoms with Gasteiger partial charge in [0, 0.05) is 45.1 Å². The van der Waals surface area contributed by atoms with E-state index in [-0.39, 0.29) is 17.9 Å². The largest absolute Gasteiger partial charge is 0.368 e. The van der Waals surface area contributed by atoms with Crippen molar-refractivity contribution in [2.75, 3.05) is 37.6 Å². The Hall–Kier alpha value is -3.08. The molecule has 160 valence electrons. The number of nitriles is 1. The topological polar surface area (TPSA) is 101 Å². The van der Waals surface area contributed by atoms with Crippen molar-refractivity contribution in [3.63, 3.8) is 0 Å². The minimum atomic E-state index is -0.0986. The first-order chi connectivity index (χ1) is 14.6. The summed E-state index contributed by atoms with van der Waals surface area (Å²) in [6.07, 6.45) is 3.56. The average Bonchev–Trinajstić information content (AvgIpc) is 2.76. The Bertz CT molecular complexity index is 815. The summed E-state index contributed by atoms with van der Waals surface area (Å²) in [4.78, 5) is 32.0. The zero-order valence-electron chi connectivity index (χ0n) is 17.6. The number of amides is 2. The average molecular weight is 411 g/mol. The third-order valence-corrected chi connectivity index (χ3v) is 5.45. The van der Waals surface area contributed by atoms with Crippen molar-refractivity contribution < 1.29 is 9.59 Å². The van der Waals surface area contributed by atoms with Crippen LogP contribution in [0.2, 0.25) is 0 Å². The summed E-state index contributed by atoms with van der Waals surface area (Å²) in [6.45, 7) is 5.13. The van der Waals surface area contributed by atoms with Gasteiger partial charge in [-0.1, -0.05) is 12.1 Å². The lowest BCUT2D eigenvalue weighted by molar-refractivity contribution is -0.147.